The number of piperidine rings is 1. The van der Waals surface area contributed by atoms with Crippen LogP contribution in [0.4, 0.5) is 5.95 Å². The van der Waals surface area contributed by atoms with Crippen molar-refractivity contribution in [2.24, 2.45) is 0 Å². The van der Waals surface area contributed by atoms with E-state index in [4.69, 9.17) is 9.47 Å². The lowest BCUT2D eigenvalue weighted by Gasteiger charge is -2.33. The molecule has 0 radical (unpaired) electrons. The molecule has 1 N–H and O–H groups in total. The van der Waals surface area contributed by atoms with Crippen LogP contribution in [0.2, 0.25) is 0 Å². The van der Waals surface area contributed by atoms with Gasteiger partial charge in [0.15, 0.2) is 10.8 Å². The molecule has 188 valence electrons. The lowest BCUT2D eigenvalue weighted by atomic mass is 10.0. The molecule has 1 aromatic carbocycles. The van der Waals surface area contributed by atoms with Gasteiger partial charge in [-0.15, -0.1) is 21.5 Å². The number of para-hydroxylation sites is 1. The van der Waals surface area contributed by atoms with Crippen molar-refractivity contribution in [3.63, 3.8) is 0 Å². The molecule has 35 heavy (non-hydrogen) atoms. The van der Waals surface area contributed by atoms with Gasteiger partial charge < -0.3 is 14.4 Å². The average Bonchev–Trinajstić information content (AvgIpc) is 3.43. The van der Waals surface area contributed by atoms with Crippen molar-refractivity contribution < 1.29 is 22.7 Å². The van der Waals surface area contributed by atoms with Crippen LogP contribution in [0.3, 0.4) is 0 Å². The maximum atomic E-state index is 13.1. The number of thiazole rings is 1. The van der Waals surface area contributed by atoms with E-state index in [2.05, 4.69) is 19.9 Å². The number of aryl methyl sites for hydroxylation is 1. The molecular weight excluding hydrogens is 492 g/mol. The van der Waals surface area contributed by atoms with Gasteiger partial charge in [-0.3, -0.25) is 14.1 Å². The Morgan fingerprint density at radius 3 is 2.51 bits per heavy atom. The van der Waals surface area contributed by atoms with Crippen LogP contribution in [0.1, 0.15) is 31.9 Å². The summed E-state index contributed by atoms with van der Waals surface area (Å²) in [5, 5.41) is 10.8. The van der Waals surface area contributed by atoms with Gasteiger partial charge in [-0.1, -0.05) is 6.07 Å². The van der Waals surface area contributed by atoms with Crippen LogP contribution in [0.25, 0.3) is 16.5 Å². The van der Waals surface area contributed by atoms with E-state index in [1.807, 2.05) is 19.2 Å². The van der Waals surface area contributed by atoms with Crippen molar-refractivity contribution in [3.8, 4) is 28.0 Å². The van der Waals surface area contributed by atoms with E-state index in [1.54, 1.807) is 23.1 Å². The van der Waals surface area contributed by atoms with Gasteiger partial charge in [-0.2, -0.15) is 0 Å². The number of hydrogen-bond donors (Lipinski definition) is 1. The number of likely N-dealkylation sites (tertiary alicyclic amines) is 1. The number of carbonyl (C=O) groups excluding carboxylic acids is 1. The van der Waals surface area contributed by atoms with Crippen LogP contribution in [-0.2, 0) is 14.8 Å². The molecule has 2 aromatic heterocycles. The Balaban J connectivity index is 1.72. The second-order valence-electron chi connectivity index (χ2n) is 8.24. The number of rotatable bonds is 9. The number of hydrogen-bond acceptors (Lipinski definition) is 9. The Bertz CT molecular complexity index is 1300. The Hall–Kier alpha value is -3.19. The molecule has 1 saturated heterocycles. The topological polar surface area (TPSA) is 129 Å². The maximum Gasteiger partial charge on any atom is 0.243 e. The van der Waals surface area contributed by atoms with Crippen LogP contribution in [0.5, 0.6) is 11.5 Å². The fourth-order valence-electron chi connectivity index (χ4n) is 4.06. The number of ether oxygens (including phenoxy) is 2. The number of anilines is 1. The predicted molar refractivity (Wildman–Crippen MR) is 133 cm³/mol. The molecule has 1 atom stereocenters. The van der Waals surface area contributed by atoms with Gasteiger partial charge in [0.25, 0.3) is 0 Å². The molecule has 3 heterocycles. The highest BCUT2D eigenvalue weighted by Crippen LogP contribution is 2.38. The highest BCUT2D eigenvalue weighted by molar-refractivity contribution is 7.92. The first-order valence-corrected chi connectivity index (χ1v) is 13.7. The van der Waals surface area contributed by atoms with Gasteiger partial charge in [0.1, 0.15) is 17.2 Å². The van der Waals surface area contributed by atoms with Crippen LogP contribution < -0.4 is 14.2 Å². The van der Waals surface area contributed by atoms with Crippen molar-refractivity contribution in [2.75, 3.05) is 31.2 Å². The van der Waals surface area contributed by atoms with Crippen molar-refractivity contribution >= 4 is 33.2 Å². The standard InChI is InChI=1S/C22H28N6O5S2/c1-14-13-34-21(23-14)20-24-25-22(28(20)19-16(32-3)8-6-9-17(19)33-4)26-35(30,31)12-11-27-15(2)7-5-10-18(27)29/h6,8-9,13,15H,5,7,10-12H2,1-4H3,(H,25,26)/t15-/m0/s1. The van der Waals surface area contributed by atoms with E-state index in [0.29, 0.717) is 34.4 Å². The van der Waals surface area contributed by atoms with Crippen molar-refractivity contribution in [3.05, 3.63) is 29.3 Å². The highest BCUT2D eigenvalue weighted by atomic mass is 32.2. The molecule has 1 amide bonds. The summed E-state index contributed by atoms with van der Waals surface area (Å²) in [4.78, 5) is 18.4. The van der Waals surface area contributed by atoms with Crippen LogP contribution >= 0.6 is 11.3 Å². The zero-order chi connectivity index (χ0) is 25.2. The molecule has 0 unspecified atom stereocenters. The number of methoxy groups -OCH3 is 2. The Morgan fingerprint density at radius 2 is 1.91 bits per heavy atom. The molecule has 0 spiro atoms. The van der Waals surface area contributed by atoms with Crippen molar-refractivity contribution in [2.45, 2.75) is 39.2 Å². The van der Waals surface area contributed by atoms with Crippen molar-refractivity contribution in [1.82, 2.24) is 24.6 Å². The summed E-state index contributed by atoms with van der Waals surface area (Å²) in [6, 6.07) is 5.24. The van der Waals surface area contributed by atoms with Gasteiger partial charge >= 0.3 is 0 Å². The van der Waals surface area contributed by atoms with Crippen molar-refractivity contribution in [1.29, 1.82) is 0 Å². The summed E-state index contributed by atoms with van der Waals surface area (Å²) < 4.78 is 41.4. The molecule has 1 fully saturated rings. The molecule has 1 aliphatic heterocycles. The average molecular weight is 521 g/mol. The van der Waals surface area contributed by atoms with E-state index in [0.717, 1.165) is 18.5 Å². The third kappa shape index (κ3) is 5.25. The third-order valence-corrected chi connectivity index (χ3v) is 7.98. The normalized spacial score (nSPS) is 16.4. The van der Waals surface area contributed by atoms with Gasteiger partial charge in [-0.25, -0.2) is 13.4 Å². The van der Waals surface area contributed by atoms with E-state index in [-0.39, 0.29) is 30.2 Å². The molecule has 4 rings (SSSR count). The maximum absolute atomic E-state index is 13.1. The fraction of sp³-hybridized carbons (Fsp3) is 0.455. The second-order valence-corrected chi connectivity index (χ2v) is 10.9. The molecule has 0 aliphatic carbocycles. The van der Waals surface area contributed by atoms with E-state index < -0.39 is 10.0 Å². The molecule has 1 aliphatic rings. The molecular formula is C22H28N6O5S2. The SMILES string of the molecule is COc1cccc(OC)c1-n1c(NS(=O)(=O)CCN2C(=O)CCC[C@@H]2C)nnc1-c1nc(C)cs1. The lowest BCUT2D eigenvalue weighted by Crippen LogP contribution is -2.44. The minimum absolute atomic E-state index is 0.00712. The minimum atomic E-state index is -3.88. The van der Waals surface area contributed by atoms with Crippen LogP contribution in [0.15, 0.2) is 23.6 Å². The number of sulfonamides is 1. The number of amides is 1. The summed E-state index contributed by atoms with van der Waals surface area (Å²) in [7, 11) is -0.859. The number of benzene rings is 1. The highest BCUT2D eigenvalue weighted by Gasteiger charge is 2.29. The number of nitrogens with one attached hydrogen (secondary N) is 1. The fourth-order valence-corrected chi connectivity index (χ4v) is 5.78. The number of nitrogens with zero attached hydrogens (tertiary/aromatic N) is 5. The summed E-state index contributed by atoms with van der Waals surface area (Å²) >= 11 is 1.36. The lowest BCUT2D eigenvalue weighted by molar-refractivity contribution is -0.135. The Kier molecular flexibility index (Phi) is 7.26. The predicted octanol–water partition coefficient (Wildman–Crippen LogP) is 2.86. The summed E-state index contributed by atoms with van der Waals surface area (Å²) in [6.45, 7) is 3.89. The first-order chi connectivity index (χ1) is 16.7. The van der Waals surface area contributed by atoms with Gasteiger partial charge in [0, 0.05) is 30.1 Å². The van der Waals surface area contributed by atoms with E-state index >= 15 is 0 Å². The Labute approximate surface area is 208 Å². The smallest absolute Gasteiger partial charge is 0.243 e. The van der Waals surface area contributed by atoms with E-state index in [1.165, 1.54) is 30.1 Å². The first-order valence-electron chi connectivity index (χ1n) is 11.1. The van der Waals surface area contributed by atoms with E-state index in [9.17, 15) is 13.2 Å². The Morgan fingerprint density at radius 1 is 1.20 bits per heavy atom. The summed E-state index contributed by atoms with van der Waals surface area (Å²) in [5.74, 6) is 0.878. The zero-order valence-corrected chi connectivity index (χ0v) is 21.6. The molecule has 13 heteroatoms. The monoisotopic (exact) mass is 520 g/mol. The van der Waals surface area contributed by atoms with Gasteiger partial charge in [0.2, 0.25) is 21.9 Å². The quantitative estimate of drug-likeness (QED) is 0.456. The number of carbonyl (C=O) groups is 1. The number of aromatic nitrogens is 4. The van der Waals surface area contributed by atoms with Gasteiger partial charge in [0.05, 0.1) is 20.0 Å². The molecule has 0 bridgehead atoms. The third-order valence-electron chi connectivity index (χ3n) is 5.81. The second kappa shape index (κ2) is 10.2. The van der Waals surface area contributed by atoms with Gasteiger partial charge in [-0.05, 0) is 38.8 Å². The van der Waals surface area contributed by atoms with Crippen LogP contribution in [-0.4, -0.2) is 71.5 Å². The largest absolute Gasteiger partial charge is 0.494 e. The molecule has 3 aromatic rings. The molecule has 11 nitrogen and oxygen atoms in total. The summed E-state index contributed by atoms with van der Waals surface area (Å²) in [5.41, 5.74) is 1.23. The van der Waals surface area contributed by atoms with Crippen LogP contribution in [0, 0.1) is 6.92 Å². The first kappa shape index (κ1) is 24.9. The zero-order valence-electron chi connectivity index (χ0n) is 20.0. The molecule has 0 saturated carbocycles. The minimum Gasteiger partial charge on any atom is -0.494 e. The summed E-state index contributed by atoms with van der Waals surface area (Å²) in [6.07, 6.45) is 2.12.